The number of hydrogen-bond acceptors (Lipinski definition) is 8. The van der Waals surface area contributed by atoms with Crippen molar-refractivity contribution in [3.63, 3.8) is 0 Å². The molecule has 43 heavy (non-hydrogen) atoms. The van der Waals surface area contributed by atoms with Gasteiger partial charge in [-0.1, -0.05) is 29.8 Å². The zero-order valence-electron chi connectivity index (χ0n) is 23.5. The SMILES string of the molecule is C=CC(=O)N1CCN(c2nc(OC[C@@H]3CCCN3C)nc3cc(-c4cc(Cl)cc(F)c4Cl)c4ccoc4c23)C[C@@H]1CC#N. The minimum Gasteiger partial charge on any atom is -0.463 e. The maximum absolute atomic E-state index is 14.7. The lowest BCUT2D eigenvalue weighted by Gasteiger charge is -2.41. The molecule has 1 amide bonds. The quantitative estimate of drug-likeness (QED) is 0.181. The molecule has 2 aliphatic rings. The van der Waals surface area contributed by atoms with E-state index in [4.69, 9.17) is 42.3 Å². The zero-order chi connectivity index (χ0) is 30.2. The summed E-state index contributed by atoms with van der Waals surface area (Å²) in [7, 11) is 2.07. The molecule has 2 aliphatic heterocycles. The van der Waals surface area contributed by atoms with Crippen molar-refractivity contribution in [1.82, 2.24) is 19.8 Å². The lowest BCUT2D eigenvalue weighted by molar-refractivity contribution is -0.128. The summed E-state index contributed by atoms with van der Waals surface area (Å²) in [5, 5.41) is 11.0. The number of anilines is 1. The average molecular weight is 624 g/mol. The van der Waals surface area contributed by atoms with Gasteiger partial charge >= 0.3 is 6.01 Å². The van der Waals surface area contributed by atoms with E-state index in [1.165, 1.54) is 12.1 Å². The van der Waals surface area contributed by atoms with Crippen molar-refractivity contribution in [1.29, 1.82) is 5.26 Å². The van der Waals surface area contributed by atoms with Crippen LogP contribution in [-0.2, 0) is 4.79 Å². The Morgan fingerprint density at radius 1 is 1.23 bits per heavy atom. The second-order valence-corrected chi connectivity index (χ2v) is 11.7. The molecule has 0 unspecified atom stereocenters. The first-order valence-corrected chi connectivity index (χ1v) is 14.8. The van der Waals surface area contributed by atoms with Crippen molar-refractivity contribution >= 4 is 56.8 Å². The highest BCUT2D eigenvalue weighted by molar-refractivity contribution is 6.36. The van der Waals surface area contributed by atoms with Crippen molar-refractivity contribution in [2.45, 2.75) is 31.3 Å². The number of likely N-dealkylation sites (N-methyl/N-ethyl adjacent to an activating group) is 1. The Hall–Kier alpha value is -3.91. The van der Waals surface area contributed by atoms with E-state index in [1.807, 2.05) is 11.0 Å². The Labute approximate surface area is 258 Å². The number of carbonyl (C=O) groups excluding carboxylic acids is 1. The number of benzene rings is 2. The molecule has 0 aliphatic carbocycles. The van der Waals surface area contributed by atoms with Crippen LogP contribution >= 0.6 is 23.2 Å². The topological polar surface area (TPSA) is 98.7 Å². The number of carbonyl (C=O) groups is 1. The molecule has 2 atom stereocenters. The second kappa shape index (κ2) is 12.0. The van der Waals surface area contributed by atoms with E-state index >= 15 is 0 Å². The molecular weight excluding hydrogens is 594 g/mol. The molecule has 12 heteroatoms. The van der Waals surface area contributed by atoms with E-state index in [2.05, 4.69) is 24.6 Å². The second-order valence-electron chi connectivity index (χ2n) is 10.8. The Bertz CT molecular complexity index is 1770. The van der Waals surface area contributed by atoms with Crippen molar-refractivity contribution in [2.75, 3.05) is 44.7 Å². The molecule has 4 heterocycles. The molecule has 6 rings (SSSR count). The van der Waals surface area contributed by atoms with E-state index in [0.29, 0.717) is 65.1 Å². The molecule has 9 nitrogen and oxygen atoms in total. The number of nitrogens with zero attached hydrogens (tertiary/aromatic N) is 6. The first-order chi connectivity index (χ1) is 20.8. The van der Waals surface area contributed by atoms with Crippen LogP contribution in [-0.4, -0.2) is 77.6 Å². The minimum absolute atomic E-state index is 0.0661. The van der Waals surface area contributed by atoms with Crippen LogP contribution in [0, 0.1) is 17.1 Å². The molecule has 2 fully saturated rings. The van der Waals surface area contributed by atoms with Gasteiger partial charge in [-0.05, 0) is 62.3 Å². The van der Waals surface area contributed by atoms with Crippen molar-refractivity contribution < 1.29 is 18.3 Å². The third kappa shape index (κ3) is 5.49. The number of amides is 1. The maximum atomic E-state index is 14.7. The van der Waals surface area contributed by atoms with Gasteiger partial charge in [-0.2, -0.15) is 15.2 Å². The number of piperazine rings is 1. The van der Waals surface area contributed by atoms with E-state index in [-0.39, 0.29) is 40.5 Å². The van der Waals surface area contributed by atoms with Gasteiger partial charge in [0.2, 0.25) is 5.91 Å². The van der Waals surface area contributed by atoms with Gasteiger partial charge in [0, 0.05) is 41.6 Å². The maximum Gasteiger partial charge on any atom is 0.319 e. The highest BCUT2D eigenvalue weighted by Gasteiger charge is 2.32. The summed E-state index contributed by atoms with van der Waals surface area (Å²) in [5.74, 6) is -0.298. The molecule has 222 valence electrons. The highest BCUT2D eigenvalue weighted by atomic mass is 35.5. The van der Waals surface area contributed by atoms with E-state index < -0.39 is 5.82 Å². The first kappa shape index (κ1) is 29.2. The normalized spacial score (nSPS) is 19.2. The fourth-order valence-electron chi connectivity index (χ4n) is 6.06. The molecule has 0 spiro atoms. The third-order valence-electron chi connectivity index (χ3n) is 8.29. The number of hydrogen-bond donors (Lipinski definition) is 0. The molecule has 0 saturated carbocycles. The largest absolute Gasteiger partial charge is 0.463 e. The summed E-state index contributed by atoms with van der Waals surface area (Å²) in [4.78, 5) is 28.2. The van der Waals surface area contributed by atoms with Crippen LogP contribution in [0.2, 0.25) is 10.0 Å². The van der Waals surface area contributed by atoms with Crippen molar-refractivity contribution in [3.05, 3.63) is 59.0 Å². The average Bonchev–Trinajstić information content (AvgIpc) is 3.66. The van der Waals surface area contributed by atoms with Crippen molar-refractivity contribution in [2.24, 2.45) is 0 Å². The predicted octanol–water partition coefficient (Wildman–Crippen LogP) is 6.08. The van der Waals surface area contributed by atoms with Gasteiger partial charge in [0.15, 0.2) is 0 Å². The lowest BCUT2D eigenvalue weighted by atomic mass is 9.98. The molecule has 2 saturated heterocycles. The molecule has 4 aromatic rings. The smallest absolute Gasteiger partial charge is 0.319 e. The van der Waals surface area contributed by atoms with E-state index in [1.54, 1.807) is 23.3 Å². The molecule has 2 aromatic carbocycles. The summed E-state index contributed by atoms with van der Waals surface area (Å²) >= 11 is 12.7. The third-order valence-corrected chi connectivity index (χ3v) is 8.89. The van der Waals surface area contributed by atoms with Crippen LogP contribution in [0.15, 0.2) is 47.6 Å². The van der Waals surface area contributed by atoms with Crippen LogP contribution in [0.3, 0.4) is 0 Å². The van der Waals surface area contributed by atoms with Crippen LogP contribution in [0.1, 0.15) is 19.3 Å². The van der Waals surface area contributed by atoms with Gasteiger partial charge in [-0.15, -0.1) is 0 Å². The van der Waals surface area contributed by atoms with Gasteiger partial charge < -0.3 is 23.9 Å². The highest BCUT2D eigenvalue weighted by Crippen LogP contribution is 2.43. The van der Waals surface area contributed by atoms with Crippen LogP contribution in [0.25, 0.3) is 33.0 Å². The number of fused-ring (bicyclic) bond motifs is 3. The van der Waals surface area contributed by atoms with Crippen molar-refractivity contribution in [3.8, 4) is 23.2 Å². The number of nitriles is 1. The van der Waals surface area contributed by atoms with Crippen LogP contribution in [0.4, 0.5) is 10.2 Å². The number of ether oxygens (including phenoxy) is 1. The Balaban J connectivity index is 1.51. The van der Waals surface area contributed by atoms with Gasteiger partial charge in [0.1, 0.15) is 23.8 Å². The monoisotopic (exact) mass is 622 g/mol. The molecular formula is C31H29Cl2FN6O3. The van der Waals surface area contributed by atoms with E-state index in [9.17, 15) is 14.4 Å². The molecule has 2 aromatic heterocycles. The summed E-state index contributed by atoms with van der Waals surface area (Å²) < 4.78 is 26.9. The fraction of sp³-hybridized carbons (Fsp3) is 0.355. The summed E-state index contributed by atoms with van der Waals surface area (Å²) in [6, 6.07) is 8.63. The Morgan fingerprint density at radius 2 is 2.07 bits per heavy atom. The number of aromatic nitrogens is 2. The number of rotatable bonds is 7. The van der Waals surface area contributed by atoms with Gasteiger partial charge in [0.25, 0.3) is 0 Å². The minimum atomic E-state index is -0.635. The summed E-state index contributed by atoms with van der Waals surface area (Å²) in [5.41, 5.74) is 2.00. The Morgan fingerprint density at radius 3 is 2.81 bits per heavy atom. The summed E-state index contributed by atoms with van der Waals surface area (Å²) in [6.45, 7) is 6.23. The zero-order valence-corrected chi connectivity index (χ0v) is 25.0. The van der Waals surface area contributed by atoms with Crippen LogP contribution < -0.4 is 9.64 Å². The standard InChI is InChI=1S/C31H29Cl2FN6O3/c1-3-26(41)40-11-10-39(16-19(40)6-8-35)30-27-25(36-31(37-30)43-17-20-5-4-9-38(20)2)15-22(21-7-12-42-29(21)27)23-13-18(32)14-24(34)28(23)33/h3,7,12-15,19-20H,1,4-6,9-11,16-17H2,2H3/t19-,20-/m0/s1. The predicted molar refractivity (Wildman–Crippen MR) is 164 cm³/mol. The number of furan rings is 1. The number of likely N-dealkylation sites (tertiary alicyclic amines) is 1. The summed E-state index contributed by atoms with van der Waals surface area (Å²) in [6.07, 6.45) is 5.08. The van der Waals surface area contributed by atoms with Crippen LogP contribution in [0.5, 0.6) is 6.01 Å². The fourth-order valence-corrected chi connectivity index (χ4v) is 6.48. The molecule has 0 N–H and O–H groups in total. The van der Waals surface area contributed by atoms with Gasteiger partial charge in [0.05, 0.1) is 40.7 Å². The lowest BCUT2D eigenvalue weighted by Crippen LogP contribution is -2.55. The number of halogens is 3. The van der Waals surface area contributed by atoms with Gasteiger partial charge in [-0.25, -0.2) is 4.39 Å². The van der Waals surface area contributed by atoms with Gasteiger partial charge in [-0.3, -0.25) is 4.79 Å². The molecule has 0 radical (unpaired) electrons. The van der Waals surface area contributed by atoms with E-state index in [0.717, 1.165) is 19.4 Å². The first-order valence-electron chi connectivity index (χ1n) is 14.0. The Kier molecular flexibility index (Phi) is 8.14. The molecule has 0 bridgehead atoms.